The largest absolute Gasteiger partial charge is 0.508 e. The van der Waals surface area contributed by atoms with Crippen LogP contribution in [0.2, 0.25) is 0 Å². The molecule has 2 aromatic carbocycles. The normalized spacial score (nSPS) is 18.2. The van der Waals surface area contributed by atoms with Gasteiger partial charge in [-0.25, -0.2) is 0 Å². The third kappa shape index (κ3) is 4.77. The third-order valence-corrected chi connectivity index (χ3v) is 6.58. The van der Waals surface area contributed by atoms with E-state index in [1.165, 1.54) is 24.9 Å². The first-order valence-corrected chi connectivity index (χ1v) is 11.7. The average molecular weight is 410 g/mol. The lowest BCUT2D eigenvalue weighted by Gasteiger charge is -2.33. The van der Waals surface area contributed by atoms with Crippen LogP contribution in [0.15, 0.2) is 42.5 Å². The van der Waals surface area contributed by atoms with Gasteiger partial charge in [-0.2, -0.15) is 0 Å². The van der Waals surface area contributed by atoms with Crippen LogP contribution < -0.4 is 9.64 Å². The summed E-state index contributed by atoms with van der Waals surface area (Å²) in [6.07, 6.45) is 6.91. The number of rotatable bonds is 10. The van der Waals surface area contributed by atoms with Crippen molar-refractivity contribution in [2.75, 3.05) is 11.4 Å². The number of para-hydroxylation sites is 1. The second kappa shape index (κ2) is 9.76. The van der Waals surface area contributed by atoms with Crippen molar-refractivity contribution in [2.45, 2.75) is 90.7 Å². The summed E-state index contributed by atoms with van der Waals surface area (Å²) in [5, 5.41) is 10.9. The van der Waals surface area contributed by atoms with Crippen molar-refractivity contribution < 1.29 is 9.84 Å². The first-order chi connectivity index (χ1) is 14.4. The molecule has 2 unspecified atom stereocenters. The zero-order valence-electron chi connectivity index (χ0n) is 19.4. The fraction of sp³-hybridized carbons (Fsp3) is 0.556. The minimum atomic E-state index is -0.0692. The number of aromatic hydroxyl groups is 1. The highest BCUT2D eigenvalue weighted by Gasteiger charge is 2.37. The summed E-state index contributed by atoms with van der Waals surface area (Å²) < 4.78 is 6.56. The molecule has 2 atom stereocenters. The summed E-state index contributed by atoms with van der Waals surface area (Å²) in [6.45, 7) is 12.1. The number of unbranched alkanes of at least 4 members (excludes halogenated alkanes) is 3. The van der Waals surface area contributed by atoms with Gasteiger partial charge >= 0.3 is 0 Å². The number of hydrogen-bond acceptors (Lipinski definition) is 3. The van der Waals surface area contributed by atoms with Crippen LogP contribution in [0.3, 0.4) is 0 Å². The van der Waals surface area contributed by atoms with Crippen LogP contribution in [-0.2, 0) is 5.41 Å². The van der Waals surface area contributed by atoms with Gasteiger partial charge in [-0.3, -0.25) is 0 Å². The summed E-state index contributed by atoms with van der Waals surface area (Å²) >= 11 is 0. The molecule has 3 nitrogen and oxygen atoms in total. The smallest absolute Gasteiger partial charge is 0.179 e. The number of fused-ring (bicyclic) bond motifs is 1. The summed E-state index contributed by atoms with van der Waals surface area (Å²) in [6, 6.07) is 14.6. The Labute approximate surface area is 183 Å². The topological polar surface area (TPSA) is 32.7 Å². The Bertz CT molecular complexity index is 815. The standard InChI is InChI=1S/C27H39NO2/c1-6-8-13-16-27(4,5)23-19-25-22(18-24(23)29)20(3)26(30-25)28(17-9-7-2)21-14-11-10-12-15-21/h10-12,14-15,18-20,26,29H,6-9,13,16-17H2,1-5H3. The Morgan fingerprint density at radius 1 is 1.00 bits per heavy atom. The summed E-state index contributed by atoms with van der Waals surface area (Å²) in [7, 11) is 0. The molecule has 1 N–H and O–H groups in total. The molecule has 3 rings (SSSR count). The van der Waals surface area contributed by atoms with Crippen molar-refractivity contribution in [3.63, 3.8) is 0 Å². The minimum Gasteiger partial charge on any atom is -0.508 e. The molecule has 1 aliphatic heterocycles. The number of phenols is 1. The second-order valence-corrected chi connectivity index (χ2v) is 9.43. The molecule has 0 spiro atoms. The van der Waals surface area contributed by atoms with Gasteiger partial charge in [-0.1, -0.05) is 78.5 Å². The minimum absolute atomic E-state index is 0.0493. The lowest BCUT2D eigenvalue weighted by molar-refractivity contribution is 0.202. The molecule has 1 heterocycles. The van der Waals surface area contributed by atoms with Crippen molar-refractivity contribution in [3.8, 4) is 11.5 Å². The van der Waals surface area contributed by atoms with Crippen LogP contribution in [0.25, 0.3) is 0 Å². The molecule has 2 aromatic rings. The fourth-order valence-electron chi connectivity index (χ4n) is 4.61. The van der Waals surface area contributed by atoms with Crippen molar-refractivity contribution in [1.29, 1.82) is 0 Å². The zero-order chi connectivity index (χ0) is 21.7. The predicted molar refractivity (Wildman–Crippen MR) is 127 cm³/mol. The molecular weight excluding hydrogens is 370 g/mol. The Morgan fingerprint density at radius 2 is 1.70 bits per heavy atom. The highest BCUT2D eigenvalue weighted by molar-refractivity contribution is 5.55. The SMILES string of the molecule is CCCCCC(C)(C)c1cc2c(cc1O)C(C)C(N(CCCC)c1ccccc1)O2. The maximum absolute atomic E-state index is 10.9. The monoisotopic (exact) mass is 409 g/mol. The van der Waals surface area contributed by atoms with E-state index in [-0.39, 0.29) is 17.6 Å². The van der Waals surface area contributed by atoms with Crippen molar-refractivity contribution >= 4 is 5.69 Å². The van der Waals surface area contributed by atoms with Crippen LogP contribution in [0.4, 0.5) is 5.69 Å². The van der Waals surface area contributed by atoms with Crippen LogP contribution in [0, 0.1) is 0 Å². The molecular formula is C27H39NO2. The summed E-state index contributed by atoms with van der Waals surface area (Å²) in [5.41, 5.74) is 3.24. The molecule has 30 heavy (non-hydrogen) atoms. The van der Waals surface area contributed by atoms with E-state index in [0.29, 0.717) is 5.75 Å². The molecule has 0 aromatic heterocycles. The van der Waals surface area contributed by atoms with Gasteiger partial charge < -0.3 is 14.7 Å². The third-order valence-electron chi connectivity index (χ3n) is 6.58. The van der Waals surface area contributed by atoms with Gasteiger partial charge in [0.1, 0.15) is 11.5 Å². The number of anilines is 1. The maximum Gasteiger partial charge on any atom is 0.179 e. The average Bonchev–Trinajstić information content (AvgIpc) is 3.04. The van der Waals surface area contributed by atoms with Gasteiger partial charge in [0, 0.05) is 29.3 Å². The molecule has 0 aliphatic carbocycles. The van der Waals surface area contributed by atoms with Gasteiger partial charge in [-0.15, -0.1) is 0 Å². The van der Waals surface area contributed by atoms with E-state index in [1.807, 2.05) is 6.07 Å². The number of benzene rings is 2. The first-order valence-electron chi connectivity index (χ1n) is 11.7. The van der Waals surface area contributed by atoms with E-state index >= 15 is 0 Å². The molecule has 0 saturated carbocycles. The van der Waals surface area contributed by atoms with Gasteiger partial charge in [0.2, 0.25) is 0 Å². The molecule has 1 aliphatic rings. The molecule has 0 radical (unpaired) electrons. The van der Waals surface area contributed by atoms with Gasteiger partial charge in [-0.05, 0) is 42.5 Å². The van der Waals surface area contributed by atoms with E-state index in [1.54, 1.807) is 0 Å². The Kier molecular flexibility index (Phi) is 7.33. The van der Waals surface area contributed by atoms with E-state index in [9.17, 15) is 5.11 Å². The summed E-state index contributed by atoms with van der Waals surface area (Å²) in [5.74, 6) is 1.53. The number of ether oxygens (including phenoxy) is 1. The molecule has 0 amide bonds. The van der Waals surface area contributed by atoms with Gasteiger partial charge in [0.25, 0.3) is 0 Å². The molecule has 0 saturated heterocycles. The highest BCUT2D eigenvalue weighted by Crippen LogP contribution is 2.46. The highest BCUT2D eigenvalue weighted by atomic mass is 16.5. The van der Waals surface area contributed by atoms with Gasteiger partial charge in [0.05, 0.1) is 0 Å². The van der Waals surface area contributed by atoms with Crippen LogP contribution >= 0.6 is 0 Å². The lowest BCUT2D eigenvalue weighted by atomic mass is 9.78. The fourth-order valence-corrected chi connectivity index (χ4v) is 4.61. The van der Waals surface area contributed by atoms with Crippen molar-refractivity contribution in [1.82, 2.24) is 0 Å². The van der Waals surface area contributed by atoms with Crippen LogP contribution in [0.1, 0.15) is 90.2 Å². The molecule has 164 valence electrons. The van der Waals surface area contributed by atoms with E-state index in [4.69, 9.17) is 4.74 Å². The Balaban J connectivity index is 1.88. The summed E-state index contributed by atoms with van der Waals surface area (Å²) in [4.78, 5) is 2.39. The second-order valence-electron chi connectivity index (χ2n) is 9.43. The lowest BCUT2D eigenvalue weighted by Crippen LogP contribution is -2.41. The van der Waals surface area contributed by atoms with Gasteiger partial charge in [0.15, 0.2) is 6.23 Å². The quantitative estimate of drug-likeness (QED) is 0.416. The van der Waals surface area contributed by atoms with E-state index in [0.717, 1.165) is 42.7 Å². The molecule has 0 bridgehead atoms. The molecule has 3 heteroatoms. The Hall–Kier alpha value is -2.16. The van der Waals surface area contributed by atoms with E-state index < -0.39 is 0 Å². The van der Waals surface area contributed by atoms with Crippen molar-refractivity contribution in [2.24, 2.45) is 0 Å². The van der Waals surface area contributed by atoms with Crippen LogP contribution in [0.5, 0.6) is 11.5 Å². The zero-order valence-corrected chi connectivity index (χ0v) is 19.4. The molecule has 0 fully saturated rings. The van der Waals surface area contributed by atoms with Crippen LogP contribution in [-0.4, -0.2) is 17.9 Å². The number of nitrogens with zero attached hydrogens (tertiary/aromatic N) is 1. The number of phenolic OH excluding ortho intramolecular Hbond substituents is 1. The predicted octanol–water partition coefficient (Wildman–Crippen LogP) is 7.38. The first kappa shape index (κ1) is 22.5. The maximum atomic E-state index is 10.9. The number of hydrogen-bond donors (Lipinski definition) is 1. The van der Waals surface area contributed by atoms with E-state index in [2.05, 4.69) is 75.9 Å². The Morgan fingerprint density at radius 3 is 2.37 bits per heavy atom. The van der Waals surface area contributed by atoms with Crippen molar-refractivity contribution in [3.05, 3.63) is 53.6 Å².